The summed E-state index contributed by atoms with van der Waals surface area (Å²) in [7, 11) is 1.76. The number of carbonyl (C=O) groups excluding carboxylic acids is 1. The monoisotopic (exact) mass is 248 g/mol. The van der Waals surface area contributed by atoms with Crippen molar-refractivity contribution in [3.8, 4) is 0 Å². The smallest absolute Gasteiger partial charge is 0.0762 e. The molecule has 0 spiro atoms. The average Bonchev–Trinajstić information content (AvgIpc) is 2.08. The molecular formula is C10H12BOY-2. The van der Waals surface area contributed by atoms with Gasteiger partial charge in [-0.2, -0.15) is 30.9 Å². The third kappa shape index (κ3) is 11.9. The van der Waals surface area contributed by atoms with Crippen LogP contribution in [0.2, 0.25) is 13.1 Å². The first-order chi connectivity index (χ1) is 5.81. The van der Waals surface area contributed by atoms with Gasteiger partial charge in [-0.1, -0.05) is 12.9 Å². The first-order valence-corrected chi connectivity index (χ1v) is 3.81. The van der Waals surface area contributed by atoms with Gasteiger partial charge in [0, 0.05) is 32.7 Å². The van der Waals surface area contributed by atoms with Crippen molar-refractivity contribution in [3.05, 3.63) is 42.8 Å². The van der Waals surface area contributed by atoms with Crippen molar-refractivity contribution >= 4 is 13.6 Å². The maximum atomic E-state index is 9.25. The van der Waals surface area contributed by atoms with Crippen LogP contribution in [-0.4, -0.2) is 13.6 Å². The molecule has 0 saturated heterocycles. The fourth-order valence-corrected chi connectivity index (χ4v) is 0.561. The van der Waals surface area contributed by atoms with Gasteiger partial charge in [-0.05, 0) is 0 Å². The number of hydrogen-bond donors (Lipinski definition) is 0. The van der Waals surface area contributed by atoms with Gasteiger partial charge in [0.1, 0.15) is 0 Å². The summed E-state index contributed by atoms with van der Waals surface area (Å²) in [6.07, 6.45) is 2.17. The molecule has 0 saturated carbocycles. The van der Waals surface area contributed by atoms with Crippen molar-refractivity contribution in [2.24, 2.45) is 0 Å². The second-order valence-corrected chi connectivity index (χ2v) is 2.24. The van der Waals surface area contributed by atoms with E-state index in [1.54, 1.807) is 13.6 Å². The van der Waals surface area contributed by atoms with Crippen LogP contribution in [0.5, 0.6) is 0 Å². The summed E-state index contributed by atoms with van der Waals surface area (Å²) in [5.74, 6) is 0. The fourth-order valence-electron chi connectivity index (χ4n) is 0.561. The summed E-state index contributed by atoms with van der Waals surface area (Å²) in [4.78, 5) is 9.25. The fraction of sp³-hybridized carbons (Fsp3) is 0.200. The number of benzene rings is 1. The normalized spacial score (nSPS) is 7.15. The zero-order valence-electron chi connectivity index (χ0n) is 7.86. The van der Waals surface area contributed by atoms with Crippen molar-refractivity contribution in [1.82, 2.24) is 0 Å². The van der Waals surface area contributed by atoms with Crippen LogP contribution in [0.1, 0.15) is 5.56 Å². The summed E-state index contributed by atoms with van der Waals surface area (Å²) in [6.45, 7) is 5.54. The predicted octanol–water partition coefficient (Wildman–Crippen LogP) is 2.13. The van der Waals surface area contributed by atoms with Crippen molar-refractivity contribution in [3.63, 3.8) is 0 Å². The Morgan fingerprint density at radius 1 is 1.38 bits per heavy atom. The van der Waals surface area contributed by atoms with E-state index in [2.05, 4.69) is 6.92 Å². The van der Waals surface area contributed by atoms with Crippen LogP contribution in [-0.2, 0) is 37.5 Å². The third-order valence-corrected chi connectivity index (χ3v) is 1.13. The molecule has 13 heavy (non-hydrogen) atoms. The predicted molar refractivity (Wildman–Crippen MR) is 53.0 cm³/mol. The molecule has 1 rings (SSSR count). The zero-order valence-corrected chi connectivity index (χ0v) is 10.7. The zero-order chi connectivity index (χ0) is 9.23. The van der Waals surface area contributed by atoms with E-state index in [9.17, 15) is 4.79 Å². The standard InChI is InChI=1S/C7H7.C3H5BO.Y/c1-7-5-3-2-4-6-7;1-4-2-3-5;/h2-6H,1H2;2H2,1H3;/q2*-1;. The van der Waals surface area contributed by atoms with Gasteiger partial charge in [-0.25, -0.2) is 0 Å². The molecular weight excluding hydrogens is 236 g/mol. The Kier molecular flexibility index (Phi) is 14.1. The first kappa shape index (κ1) is 15.4. The molecule has 0 bridgehead atoms. The van der Waals surface area contributed by atoms with Gasteiger partial charge in [-0.3, -0.25) is 6.29 Å². The summed E-state index contributed by atoms with van der Waals surface area (Å²) in [5.41, 5.74) is 1.07. The molecule has 0 fully saturated rings. The van der Waals surface area contributed by atoms with Gasteiger partial charge in [0.2, 0.25) is 0 Å². The van der Waals surface area contributed by atoms with E-state index in [0.717, 1.165) is 5.56 Å². The van der Waals surface area contributed by atoms with E-state index in [4.69, 9.17) is 0 Å². The molecule has 0 heterocycles. The molecule has 2 radical (unpaired) electrons. The average molecular weight is 248 g/mol. The molecule has 0 aliphatic carbocycles. The molecule has 0 aliphatic rings. The Bertz CT molecular complexity index is 201. The number of rotatable bonds is 2. The Morgan fingerprint density at radius 3 is 2.08 bits per heavy atom. The summed E-state index contributed by atoms with van der Waals surface area (Å²) >= 11 is 0. The third-order valence-electron chi connectivity index (χ3n) is 1.13. The van der Waals surface area contributed by atoms with Gasteiger partial charge in [0.25, 0.3) is 0 Å². The quantitative estimate of drug-likeness (QED) is 0.578. The van der Waals surface area contributed by atoms with Crippen LogP contribution in [0.25, 0.3) is 0 Å². The molecule has 1 aromatic rings. The van der Waals surface area contributed by atoms with E-state index >= 15 is 0 Å². The van der Waals surface area contributed by atoms with E-state index in [1.165, 1.54) is 0 Å². The van der Waals surface area contributed by atoms with Crippen molar-refractivity contribution < 1.29 is 37.5 Å². The van der Waals surface area contributed by atoms with Gasteiger partial charge < -0.3 is 4.79 Å². The Morgan fingerprint density at radius 2 is 1.92 bits per heavy atom. The molecule has 0 atom stereocenters. The largest absolute Gasteiger partial charge is 0.542 e. The molecule has 0 unspecified atom stereocenters. The Labute approximate surface area is 106 Å². The van der Waals surface area contributed by atoms with Gasteiger partial charge >= 0.3 is 0 Å². The molecule has 1 nitrogen and oxygen atoms in total. The van der Waals surface area contributed by atoms with Crippen LogP contribution in [0, 0.1) is 6.92 Å². The molecule has 1 aromatic carbocycles. The topological polar surface area (TPSA) is 17.1 Å². The van der Waals surface area contributed by atoms with Crippen molar-refractivity contribution in [1.29, 1.82) is 0 Å². The van der Waals surface area contributed by atoms with E-state index in [1.807, 2.05) is 37.2 Å². The molecule has 0 aromatic heterocycles. The molecule has 66 valence electrons. The molecule has 0 aliphatic heterocycles. The Balaban J connectivity index is 0. The van der Waals surface area contributed by atoms with E-state index in [0.29, 0.717) is 6.32 Å². The van der Waals surface area contributed by atoms with Crippen LogP contribution < -0.4 is 0 Å². The second-order valence-electron chi connectivity index (χ2n) is 2.24. The minimum atomic E-state index is 0. The van der Waals surface area contributed by atoms with Gasteiger partial charge in [0.05, 0.1) is 7.28 Å². The molecule has 0 N–H and O–H groups in total. The van der Waals surface area contributed by atoms with Gasteiger partial charge in [-0.15, -0.1) is 12.1 Å². The number of hydrogen-bond acceptors (Lipinski definition) is 1. The summed E-state index contributed by atoms with van der Waals surface area (Å²) in [5, 5.41) is 0. The van der Waals surface area contributed by atoms with Gasteiger partial charge in [0.15, 0.2) is 0 Å². The molecule has 3 heteroatoms. The van der Waals surface area contributed by atoms with Crippen molar-refractivity contribution in [2.45, 2.75) is 13.1 Å². The minimum Gasteiger partial charge on any atom is -0.542 e. The minimum absolute atomic E-state index is 0. The van der Waals surface area contributed by atoms with Crippen LogP contribution in [0.4, 0.5) is 0 Å². The SMILES string of the molecule is C[B]C[C-]=O.[CH2-]c1ccccc1.[Y]. The van der Waals surface area contributed by atoms with Crippen molar-refractivity contribution in [2.75, 3.05) is 0 Å². The van der Waals surface area contributed by atoms with E-state index in [-0.39, 0.29) is 32.7 Å². The molecule has 0 amide bonds. The maximum Gasteiger partial charge on any atom is 0.0762 e. The summed E-state index contributed by atoms with van der Waals surface area (Å²) < 4.78 is 0. The van der Waals surface area contributed by atoms with Crippen LogP contribution >= 0.6 is 0 Å². The first-order valence-electron chi connectivity index (χ1n) is 3.81. The maximum absolute atomic E-state index is 9.25. The van der Waals surface area contributed by atoms with E-state index < -0.39 is 0 Å². The summed E-state index contributed by atoms with van der Waals surface area (Å²) in [6, 6.07) is 9.87. The van der Waals surface area contributed by atoms with Crippen LogP contribution in [0.3, 0.4) is 0 Å². The Hall–Kier alpha value is -0.0712. The van der Waals surface area contributed by atoms with Crippen LogP contribution in [0.15, 0.2) is 30.3 Å². The second kappa shape index (κ2) is 11.9.